The largest absolute Gasteiger partial charge is 0.322 e. The molecule has 1 aliphatic carbocycles. The van der Waals surface area contributed by atoms with E-state index in [1.165, 1.54) is 0 Å². The summed E-state index contributed by atoms with van der Waals surface area (Å²) in [5.41, 5.74) is 5.33. The van der Waals surface area contributed by atoms with Crippen LogP contribution in [0.1, 0.15) is 19.8 Å². The second-order valence-corrected chi connectivity index (χ2v) is 2.47. The van der Waals surface area contributed by atoms with Gasteiger partial charge < -0.3 is 5.73 Å². The maximum absolute atomic E-state index is 10.8. The van der Waals surface area contributed by atoms with Gasteiger partial charge in [0, 0.05) is 5.92 Å². The highest BCUT2D eigenvalue weighted by Gasteiger charge is 2.30. The highest BCUT2D eigenvalue weighted by Crippen LogP contribution is 2.30. The van der Waals surface area contributed by atoms with Crippen LogP contribution in [0.4, 0.5) is 0 Å². The molecule has 1 fully saturated rings. The molecule has 2 N–H and O–H groups in total. The van der Waals surface area contributed by atoms with Crippen molar-refractivity contribution < 1.29 is 4.79 Å². The third kappa shape index (κ3) is 1.07. The van der Waals surface area contributed by atoms with Crippen molar-refractivity contribution in [3.05, 3.63) is 0 Å². The van der Waals surface area contributed by atoms with Gasteiger partial charge in [0.05, 0.1) is 6.04 Å². The van der Waals surface area contributed by atoms with Crippen LogP contribution >= 0.6 is 0 Å². The molecule has 0 bridgehead atoms. The third-order valence-electron chi connectivity index (χ3n) is 1.43. The predicted molar refractivity (Wildman–Crippen MR) is 31.4 cm³/mol. The molecule has 46 valence electrons. The van der Waals surface area contributed by atoms with Crippen LogP contribution in [0.2, 0.25) is 0 Å². The van der Waals surface area contributed by atoms with E-state index in [1.54, 1.807) is 6.92 Å². The van der Waals surface area contributed by atoms with Crippen molar-refractivity contribution in [1.29, 1.82) is 0 Å². The molecule has 1 aliphatic rings. The van der Waals surface area contributed by atoms with Gasteiger partial charge in [0.2, 0.25) is 0 Å². The Labute approximate surface area is 49.1 Å². The van der Waals surface area contributed by atoms with E-state index in [0.717, 1.165) is 12.8 Å². The van der Waals surface area contributed by atoms with E-state index < -0.39 is 0 Å². The SMILES string of the molecule is C[C@@H](N)C(=O)C1CC1. The zero-order valence-corrected chi connectivity index (χ0v) is 5.05. The van der Waals surface area contributed by atoms with Crippen molar-refractivity contribution in [2.45, 2.75) is 25.8 Å². The van der Waals surface area contributed by atoms with Gasteiger partial charge in [0.25, 0.3) is 0 Å². The summed E-state index contributed by atoms with van der Waals surface area (Å²) in [7, 11) is 0. The van der Waals surface area contributed by atoms with E-state index in [0.29, 0.717) is 5.92 Å². The van der Waals surface area contributed by atoms with E-state index in [1.807, 2.05) is 0 Å². The Hall–Kier alpha value is -0.370. The van der Waals surface area contributed by atoms with E-state index in [4.69, 9.17) is 5.73 Å². The molecule has 0 amide bonds. The van der Waals surface area contributed by atoms with Crippen LogP contribution in [0.5, 0.6) is 0 Å². The van der Waals surface area contributed by atoms with Gasteiger partial charge in [0.1, 0.15) is 0 Å². The van der Waals surface area contributed by atoms with Gasteiger partial charge in [-0.05, 0) is 19.8 Å². The minimum Gasteiger partial charge on any atom is -0.322 e. The van der Waals surface area contributed by atoms with Gasteiger partial charge >= 0.3 is 0 Å². The minimum atomic E-state index is -0.234. The molecular formula is C6H11NO. The number of Topliss-reactive ketones (excluding diaryl/α,β-unsaturated/α-hetero) is 1. The highest BCUT2D eigenvalue weighted by atomic mass is 16.1. The fraction of sp³-hybridized carbons (Fsp3) is 0.833. The molecule has 1 saturated carbocycles. The van der Waals surface area contributed by atoms with Crippen molar-refractivity contribution in [3.8, 4) is 0 Å². The van der Waals surface area contributed by atoms with Crippen LogP contribution in [0.25, 0.3) is 0 Å². The molecule has 0 saturated heterocycles. The number of nitrogens with two attached hydrogens (primary N) is 1. The summed E-state index contributed by atoms with van der Waals surface area (Å²) in [6.45, 7) is 1.75. The Balaban J connectivity index is 2.33. The van der Waals surface area contributed by atoms with Crippen LogP contribution in [0.15, 0.2) is 0 Å². The molecule has 0 aromatic heterocycles. The average molecular weight is 113 g/mol. The number of carbonyl (C=O) groups is 1. The van der Waals surface area contributed by atoms with Crippen molar-refractivity contribution in [3.63, 3.8) is 0 Å². The number of hydrogen-bond donors (Lipinski definition) is 1. The van der Waals surface area contributed by atoms with Gasteiger partial charge in [-0.2, -0.15) is 0 Å². The predicted octanol–water partition coefficient (Wildman–Crippen LogP) is 0.313. The maximum atomic E-state index is 10.8. The molecule has 0 aliphatic heterocycles. The molecule has 2 heteroatoms. The van der Waals surface area contributed by atoms with Crippen molar-refractivity contribution >= 4 is 5.78 Å². The Kier molecular flexibility index (Phi) is 1.34. The van der Waals surface area contributed by atoms with Crippen molar-refractivity contribution in [1.82, 2.24) is 0 Å². The molecule has 1 rings (SSSR count). The maximum Gasteiger partial charge on any atom is 0.152 e. The first kappa shape index (κ1) is 5.76. The molecule has 0 spiro atoms. The van der Waals surface area contributed by atoms with Crippen molar-refractivity contribution in [2.24, 2.45) is 11.7 Å². The Morgan fingerprint density at radius 3 is 2.38 bits per heavy atom. The third-order valence-corrected chi connectivity index (χ3v) is 1.43. The first-order valence-corrected chi connectivity index (χ1v) is 3.01. The molecule has 0 radical (unpaired) electrons. The second-order valence-electron chi connectivity index (χ2n) is 2.47. The molecule has 0 unspecified atom stereocenters. The second kappa shape index (κ2) is 1.86. The Morgan fingerprint density at radius 2 is 2.25 bits per heavy atom. The van der Waals surface area contributed by atoms with Crippen LogP contribution < -0.4 is 5.73 Å². The standard InChI is InChI=1S/C6H11NO/c1-4(7)6(8)5-2-3-5/h4-5H,2-3,7H2,1H3/t4-/m1/s1. The van der Waals surface area contributed by atoms with Gasteiger partial charge in [-0.3, -0.25) is 4.79 Å². The number of ketones is 1. The van der Waals surface area contributed by atoms with E-state index in [9.17, 15) is 4.79 Å². The molecule has 0 heterocycles. The van der Waals surface area contributed by atoms with Gasteiger partial charge in [-0.25, -0.2) is 0 Å². The Morgan fingerprint density at radius 1 is 1.75 bits per heavy atom. The molecule has 8 heavy (non-hydrogen) atoms. The fourth-order valence-electron chi connectivity index (χ4n) is 0.740. The highest BCUT2D eigenvalue weighted by molar-refractivity contribution is 5.87. The summed E-state index contributed by atoms with van der Waals surface area (Å²) in [4.78, 5) is 10.8. The summed E-state index contributed by atoms with van der Waals surface area (Å²) >= 11 is 0. The van der Waals surface area contributed by atoms with Crippen LogP contribution in [0, 0.1) is 5.92 Å². The van der Waals surface area contributed by atoms with Gasteiger partial charge in [-0.1, -0.05) is 0 Å². The van der Waals surface area contributed by atoms with Gasteiger partial charge in [-0.15, -0.1) is 0 Å². The van der Waals surface area contributed by atoms with Crippen LogP contribution in [-0.4, -0.2) is 11.8 Å². The Bertz CT molecular complexity index is 101. The van der Waals surface area contributed by atoms with E-state index >= 15 is 0 Å². The summed E-state index contributed by atoms with van der Waals surface area (Å²) < 4.78 is 0. The van der Waals surface area contributed by atoms with Gasteiger partial charge in [0.15, 0.2) is 5.78 Å². The lowest BCUT2D eigenvalue weighted by molar-refractivity contribution is -0.121. The monoisotopic (exact) mass is 113 g/mol. The van der Waals surface area contributed by atoms with Crippen LogP contribution in [-0.2, 0) is 4.79 Å². The number of hydrogen-bond acceptors (Lipinski definition) is 2. The molecule has 2 nitrogen and oxygen atoms in total. The average Bonchev–Trinajstić information content (AvgIpc) is 2.43. The lowest BCUT2D eigenvalue weighted by Gasteiger charge is -1.98. The quantitative estimate of drug-likeness (QED) is 0.560. The van der Waals surface area contributed by atoms with E-state index in [2.05, 4.69) is 0 Å². The first-order valence-electron chi connectivity index (χ1n) is 3.01. The molecule has 0 aromatic carbocycles. The lowest BCUT2D eigenvalue weighted by Crippen LogP contribution is -2.27. The summed E-state index contributed by atoms with van der Waals surface area (Å²) in [6.07, 6.45) is 2.14. The minimum absolute atomic E-state index is 0.234. The number of rotatable bonds is 2. The normalized spacial score (nSPS) is 22.8. The van der Waals surface area contributed by atoms with Crippen LogP contribution in [0.3, 0.4) is 0 Å². The summed E-state index contributed by atoms with van der Waals surface area (Å²) in [5.74, 6) is 0.569. The molecule has 1 atom stereocenters. The lowest BCUT2D eigenvalue weighted by atomic mass is 10.1. The smallest absolute Gasteiger partial charge is 0.152 e. The zero-order valence-electron chi connectivity index (χ0n) is 5.05. The van der Waals surface area contributed by atoms with Crippen molar-refractivity contribution in [2.75, 3.05) is 0 Å². The summed E-state index contributed by atoms with van der Waals surface area (Å²) in [6, 6.07) is -0.234. The summed E-state index contributed by atoms with van der Waals surface area (Å²) in [5, 5.41) is 0. The molecular weight excluding hydrogens is 102 g/mol. The number of carbonyl (C=O) groups excluding carboxylic acids is 1. The topological polar surface area (TPSA) is 43.1 Å². The van der Waals surface area contributed by atoms with E-state index in [-0.39, 0.29) is 11.8 Å². The fourth-order valence-corrected chi connectivity index (χ4v) is 0.740. The zero-order chi connectivity index (χ0) is 6.15. The molecule has 0 aromatic rings. The first-order chi connectivity index (χ1) is 3.72.